The number of H-pyrrole nitrogens is 2. The fraction of sp³-hybridized carbons (Fsp3) is 0.429. The molecular weight excluding hydrogens is 288 g/mol. The number of rotatable bonds is 3. The minimum atomic E-state index is -0.814. The zero-order chi connectivity index (χ0) is 15.7. The van der Waals surface area contributed by atoms with Gasteiger partial charge in [0.2, 0.25) is 0 Å². The van der Waals surface area contributed by atoms with Crippen molar-refractivity contribution in [3.63, 3.8) is 0 Å². The van der Waals surface area contributed by atoms with E-state index in [1.807, 2.05) is 0 Å². The summed E-state index contributed by atoms with van der Waals surface area (Å²) < 4.78 is 0. The molecule has 1 aromatic heterocycles. The predicted octanol–water partition coefficient (Wildman–Crippen LogP) is 1.11. The van der Waals surface area contributed by atoms with Crippen LogP contribution in [0.15, 0.2) is 21.7 Å². The van der Waals surface area contributed by atoms with Gasteiger partial charge in [-0.15, -0.1) is 0 Å². The van der Waals surface area contributed by atoms with E-state index in [-0.39, 0.29) is 11.2 Å². The summed E-state index contributed by atoms with van der Waals surface area (Å²) in [5.41, 5.74) is -0.403. The van der Waals surface area contributed by atoms with Gasteiger partial charge in [0.1, 0.15) is 0 Å². The van der Waals surface area contributed by atoms with Gasteiger partial charge in [-0.05, 0) is 32.0 Å². The third kappa shape index (κ3) is 2.77. The lowest BCUT2D eigenvalue weighted by Gasteiger charge is -2.26. The number of nitro benzene ring substituents is 1. The maximum atomic E-state index is 11.4. The molecule has 1 saturated heterocycles. The number of fused-ring (bicyclic) bond motifs is 1. The second-order valence-electron chi connectivity index (χ2n) is 5.53. The Balaban J connectivity index is 2.08. The van der Waals surface area contributed by atoms with Crippen LogP contribution in [0.2, 0.25) is 0 Å². The monoisotopic (exact) mass is 304 g/mol. The Hall–Kier alpha value is -2.48. The summed E-state index contributed by atoms with van der Waals surface area (Å²) in [6.07, 6.45) is 3.36. The van der Waals surface area contributed by atoms with E-state index < -0.39 is 16.0 Å². The van der Waals surface area contributed by atoms with Gasteiger partial charge >= 0.3 is 11.1 Å². The van der Waals surface area contributed by atoms with Gasteiger partial charge < -0.3 is 9.97 Å². The molecule has 22 heavy (non-hydrogen) atoms. The van der Waals surface area contributed by atoms with Crippen LogP contribution in [-0.4, -0.2) is 32.9 Å². The third-order valence-electron chi connectivity index (χ3n) is 3.96. The minimum absolute atomic E-state index is 0.0410. The lowest BCUT2D eigenvalue weighted by Crippen LogP contribution is -2.30. The first-order valence-corrected chi connectivity index (χ1v) is 7.20. The minimum Gasteiger partial charge on any atom is -0.316 e. The SMILES string of the molecule is O=c1[nH]c2cc(CN3CCCCC3)c([N+](=O)[O-])cc2[nH]c1=O. The number of hydrogen-bond acceptors (Lipinski definition) is 5. The van der Waals surface area contributed by atoms with Crippen molar-refractivity contribution in [1.29, 1.82) is 0 Å². The van der Waals surface area contributed by atoms with Gasteiger partial charge in [-0.25, -0.2) is 0 Å². The number of hydrogen-bond donors (Lipinski definition) is 2. The van der Waals surface area contributed by atoms with E-state index in [0.29, 0.717) is 17.6 Å². The van der Waals surface area contributed by atoms with E-state index in [1.54, 1.807) is 6.07 Å². The van der Waals surface area contributed by atoms with Crippen LogP contribution < -0.4 is 11.1 Å². The van der Waals surface area contributed by atoms with Crippen LogP contribution >= 0.6 is 0 Å². The van der Waals surface area contributed by atoms with Crippen molar-refractivity contribution in [1.82, 2.24) is 14.9 Å². The summed E-state index contributed by atoms with van der Waals surface area (Å²) in [6.45, 7) is 2.29. The number of nitro groups is 1. The molecule has 0 saturated carbocycles. The van der Waals surface area contributed by atoms with Crippen LogP contribution in [-0.2, 0) is 6.54 Å². The van der Waals surface area contributed by atoms with Gasteiger partial charge in [-0.1, -0.05) is 6.42 Å². The molecule has 0 aliphatic carbocycles. The number of likely N-dealkylation sites (tertiary alicyclic amines) is 1. The second-order valence-corrected chi connectivity index (χ2v) is 5.53. The first kappa shape index (κ1) is 14.5. The van der Waals surface area contributed by atoms with Crippen molar-refractivity contribution in [3.05, 3.63) is 48.5 Å². The van der Waals surface area contributed by atoms with E-state index in [9.17, 15) is 19.7 Å². The molecule has 0 amide bonds. The molecule has 1 aliphatic rings. The van der Waals surface area contributed by atoms with Crippen LogP contribution in [0.1, 0.15) is 24.8 Å². The van der Waals surface area contributed by atoms with Gasteiger partial charge in [-0.3, -0.25) is 24.6 Å². The largest absolute Gasteiger partial charge is 0.316 e. The molecule has 2 heterocycles. The van der Waals surface area contributed by atoms with Gasteiger partial charge in [0, 0.05) is 18.2 Å². The average Bonchev–Trinajstić information content (AvgIpc) is 2.49. The van der Waals surface area contributed by atoms with Crippen molar-refractivity contribution in [3.8, 4) is 0 Å². The lowest BCUT2D eigenvalue weighted by molar-refractivity contribution is -0.385. The maximum absolute atomic E-state index is 11.4. The molecule has 8 heteroatoms. The topological polar surface area (TPSA) is 112 Å². The summed E-state index contributed by atoms with van der Waals surface area (Å²) in [7, 11) is 0. The molecule has 2 aromatic rings. The number of nitrogens with zero attached hydrogens (tertiary/aromatic N) is 2. The number of aromatic amines is 2. The van der Waals surface area contributed by atoms with Crippen molar-refractivity contribution < 1.29 is 4.92 Å². The number of aromatic nitrogens is 2. The first-order chi connectivity index (χ1) is 10.5. The molecule has 2 N–H and O–H groups in total. The van der Waals surface area contributed by atoms with E-state index in [4.69, 9.17) is 0 Å². The quantitative estimate of drug-likeness (QED) is 0.501. The zero-order valence-electron chi connectivity index (χ0n) is 11.9. The zero-order valence-corrected chi connectivity index (χ0v) is 11.9. The summed E-state index contributed by atoms with van der Waals surface area (Å²) >= 11 is 0. The summed E-state index contributed by atoms with van der Waals surface area (Å²) in [5, 5.41) is 11.3. The van der Waals surface area contributed by atoms with E-state index in [0.717, 1.165) is 25.9 Å². The van der Waals surface area contributed by atoms with Crippen molar-refractivity contribution in [2.24, 2.45) is 0 Å². The molecule has 0 bridgehead atoms. The van der Waals surface area contributed by atoms with Crippen LogP contribution in [0.3, 0.4) is 0 Å². The molecule has 1 aliphatic heterocycles. The van der Waals surface area contributed by atoms with Crippen LogP contribution in [0, 0.1) is 10.1 Å². The van der Waals surface area contributed by atoms with Crippen molar-refractivity contribution in [2.45, 2.75) is 25.8 Å². The van der Waals surface area contributed by atoms with Gasteiger partial charge in [-0.2, -0.15) is 0 Å². The Kier molecular flexibility index (Phi) is 3.76. The number of piperidine rings is 1. The van der Waals surface area contributed by atoms with Crippen LogP contribution in [0.25, 0.3) is 11.0 Å². The van der Waals surface area contributed by atoms with Crippen LogP contribution in [0.5, 0.6) is 0 Å². The third-order valence-corrected chi connectivity index (χ3v) is 3.96. The summed E-state index contributed by atoms with van der Waals surface area (Å²) in [6, 6.07) is 2.89. The molecule has 0 spiro atoms. The van der Waals surface area contributed by atoms with E-state index in [2.05, 4.69) is 14.9 Å². The molecule has 1 aromatic carbocycles. The smallest absolute Gasteiger partial charge is 0.314 e. The second kappa shape index (κ2) is 5.72. The summed E-state index contributed by atoms with van der Waals surface area (Å²) in [4.78, 5) is 40.6. The molecule has 116 valence electrons. The molecular formula is C14H16N4O4. The highest BCUT2D eigenvalue weighted by atomic mass is 16.6. The van der Waals surface area contributed by atoms with Gasteiger partial charge in [0.15, 0.2) is 0 Å². The van der Waals surface area contributed by atoms with Gasteiger partial charge in [0.25, 0.3) is 5.69 Å². The molecule has 0 atom stereocenters. The highest BCUT2D eigenvalue weighted by molar-refractivity contribution is 5.78. The van der Waals surface area contributed by atoms with E-state index in [1.165, 1.54) is 12.5 Å². The average molecular weight is 304 g/mol. The summed E-state index contributed by atoms with van der Waals surface area (Å²) in [5.74, 6) is 0. The normalized spacial score (nSPS) is 16.0. The molecule has 8 nitrogen and oxygen atoms in total. The predicted molar refractivity (Wildman–Crippen MR) is 81.0 cm³/mol. The fourth-order valence-electron chi connectivity index (χ4n) is 2.85. The number of nitrogens with one attached hydrogen (secondary N) is 2. The van der Waals surface area contributed by atoms with Crippen molar-refractivity contribution in [2.75, 3.05) is 13.1 Å². The maximum Gasteiger partial charge on any atom is 0.314 e. The Morgan fingerprint density at radius 2 is 1.64 bits per heavy atom. The fourth-order valence-corrected chi connectivity index (χ4v) is 2.85. The molecule has 1 fully saturated rings. The Morgan fingerprint density at radius 3 is 2.23 bits per heavy atom. The highest BCUT2D eigenvalue weighted by Crippen LogP contribution is 2.25. The lowest BCUT2D eigenvalue weighted by atomic mass is 10.1. The Morgan fingerprint density at radius 1 is 1.05 bits per heavy atom. The first-order valence-electron chi connectivity index (χ1n) is 7.20. The number of benzene rings is 1. The van der Waals surface area contributed by atoms with Gasteiger partial charge in [0.05, 0.1) is 16.0 Å². The molecule has 0 unspecified atom stereocenters. The highest BCUT2D eigenvalue weighted by Gasteiger charge is 2.20. The van der Waals surface area contributed by atoms with Crippen LogP contribution in [0.4, 0.5) is 5.69 Å². The standard InChI is InChI=1S/C14H16N4O4/c19-13-14(20)16-11-7-12(18(21)22)9(6-10(11)15-13)8-17-4-2-1-3-5-17/h6-7H,1-5,8H2,(H,15,19)(H,16,20). The van der Waals surface area contributed by atoms with Crippen molar-refractivity contribution >= 4 is 16.7 Å². The Bertz CT molecular complexity index is 833. The molecule has 3 rings (SSSR count). The molecule has 0 radical (unpaired) electrons. The van der Waals surface area contributed by atoms with E-state index >= 15 is 0 Å². The Labute approximate surface area is 124 Å².